The van der Waals surface area contributed by atoms with Crippen LogP contribution in [0.4, 0.5) is 0 Å². The first kappa shape index (κ1) is 20.1. The molecule has 4 nitrogen and oxygen atoms in total. The molecule has 29 heavy (non-hydrogen) atoms. The highest BCUT2D eigenvalue weighted by molar-refractivity contribution is 7.89. The van der Waals surface area contributed by atoms with Gasteiger partial charge in [0.05, 0.1) is 4.90 Å². The second-order valence-electron chi connectivity index (χ2n) is 7.90. The minimum absolute atomic E-state index is 0.342. The number of rotatable bonds is 7. The van der Waals surface area contributed by atoms with Crippen LogP contribution in [0, 0.1) is 5.92 Å². The van der Waals surface area contributed by atoms with Gasteiger partial charge in [0.1, 0.15) is 0 Å². The highest BCUT2D eigenvalue weighted by Gasteiger charge is 2.20. The van der Waals surface area contributed by atoms with Crippen molar-refractivity contribution >= 4 is 20.8 Å². The number of fused-ring (bicyclic) bond motifs is 1. The molecule has 1 aliphatic heterocycles. The number of nitrogens with one attached hydrogen (secondary N) is 1. The minimum Gasteiger partial charge on any atom is -0.299 e. The average molecular weight is 409 g/mol. The molecule has 0 atom stereocenters. The molecule has 0 saturated carbocycles. The van der Waals surface area contributed by atoms with Gasteiger partial charge < -0.3 is 0 Å². The zero-order valence-electron chi connectivity index (χ0n) is 16.6. The number of hydrogen-bond donors (Lipinski definition) is 1. The van der Waals surface area contributed by atoms with Crippen LogP contribution in [0.2, 0.25) is 0 Å². The van der Waals surface area contributed by atoms with E-state index in [-0.39, 0.29) is 0 Å². The molecule has 1 saturated heterocycles. The van der Waals surface area contributed by atoms with E-state index in [2.05, 4.69) is 40.0 Å². The fraction of sp³-hybridized carbons (Fsp3) is 0.333. The highest BCUT2D eigenvalue weighted by Crippen LogP contribution is 2.22. The number of likely N-dealkylation sites (tertiary alicyclic amines) is 1. The van der Waals surface area contributed by atoms with Crippen molar-refractivity contribution in [3.8, 4) is 0 Å². The maximum absolute atomic E-state index is 12.7. The molecule has 152 valence electrons. The van der Waals surface area contributed by atoms with Crippen molar-refractivity contribution < 1.29 is 8.42 Å². The summed E-state index contributed by atoms with van der Waals surface area (Å²) >= 11 is 0. The topological polar surface area (TPSA) is 49.4 Å². The van der Waals surface area contributed by atoms with Gasteiger partial charge in [0.25, 0.3) is 0 Å². The van der Waals surface area contributed by atoms with Crippen LogP contribution in [0.1, 0.15) is 24.8 Å². The SMILES string of the molecule is O=S(=O)(NCCC1CCN(Cc2ccccc2)CC1)c1ccc2ccccc2c1. The third-order valence-electron chi connectivity index (χ3n) is 5.83. The molecule has 0 aliphatic carbocycles. The summed E-state index contributed by atoms with van der Waals surface area (Å²) in [4.78, 5) is 2.83. The van der Waals surface area contributed by atoms with Gasteiger partial charge in [-0.05, 0) is 66.7 Å². The smallest absolute Gasteiger partial charge is 0.240 e. The van der Waals surface area contributed by atoms with Crippen LogP contribution >= 0.6 is 0 Å². The molecule has 0 bridgehead atoms. The summed E-state index contributed by atoms with van der Waals surface area (Å²) in [6.07, 6.45) is 3.15. The number of benzene rings is 3. The van der Waals surface area contributed by atoms with E-state index in [4.69, 9.17) is 0 Å². The summed E-state index contributed by atoms with van der Waals surface area (Å²) < 4.78 is 28.1. The van der Waals surface area contributed by atoms with Crippen molar-refractivity contribution in [3.63, 3.8) is 0 Å². The van der Waals surface area contributed by atoms with Gasteiger partial charge in [0.15, 0.2) is 0 Å². The highest BCUT2D eigenvalue weighted by atomic mass is 32.2. The van der Waals surface area contributed by atoms with Crippen LogP contribution in [-0.4, -0.2) is 33.0 Å². The number of nitrogens with zero attached hydrogens (tertiary/aromatic N) is 1. The van der Waals surface area contributed by atoms with Crippen LogP contribution in [0.15, 0.2) is 77.7 Å². The van der Waals surface area contributed by atoms with Gasteiger partial charge in [-0.15, -0.1) is 0 Å². The Morgan fingerprint density at radius 1 is 0.862 bits per heavy atom. The monoisotopic (exact) mass is 408 g/mol. The molecule has 1 heterocycles. The Labute approximate surface area is 173 Å². The third-order valence-corrected chi connectivity index (χ3v) is 7.29. The van der Waals surface area contributed by atoms with E-state index in [0.29, 0.717) is 17.4 Å². The maximum atomic E-state index is 12.7. The van der Waals surface area contributed by atoms with E-state index in [1.165, 1.54) is 5.56 Å². The van der Waals surface area contributed by atoms with Crippen molar-refractivity contribution in [1.29, 1.82) is 0 Å². The normalized spacial score (nSPS) is 16.3. The Hall–Kier alpha value is -2.21. The van der Waals surface area contributed by atoms with Crippen LogP contribution in [-0.2, 0) is 16.6 Å². The van der Waals surface area contributed by atoms with E-state index >= 15 is 0 Å². The van der Waals surface area contributed by atoms with E-state index in [1.54, 1.807) is 12.1 Å². The molecule has 4 rings (SSSR count). The van der Waals surface area contributed by atoms with Crippen molar-refractivity contribution in [2.75, 3.05) is 19.6 Å². The predicted octanol–water partition coefficient (Wildman–Crippen LogP) is 4.42. The van der Waals surface area contributed by atoms with Gasteiger partial charge in [0, 0.05) is 13.1 Å². The Morgan fingerprint density at radius 2 is 1.55 bits per heavy atom. The lowest BCUT2D eigenvalue weighted by Crippen LogP contribution is -2.34. The lowest BCUT2D eigenvalue weighted by atomic mass is 9.93. The van der Waals surface area contributed by atoms with Crippen LogP contribution < -0.4 is 4.72 Å². The van der Waals surface area contributed by atoms with Crippen molar-refractivity contribution in [2.45, 2.75) is 30.7 Å². The molecule has 1 aliphatic rings. The molecular formula is C24H28N2O2S. The van der Waals surface area contributed by atoms with Crippen LogP contribution in [0.3, 0.4) is 0 Å². The van der Waals surface area contributed by atoms with Gasteiger partial charge in [-0.1, -0.05) is 60.7 Å². The summed E-state index contributed by atoms with van der Waals surface area (Å²) in [6, 6.07) is 23.7. The van der Waals surface area contributed by atoms with E-state index in [9.17, 15) is 8.42 Å². The van der Waals surface area contributed by atoms with Gasteiger partial charge in [0.2, 0.25) is 10.0 Å². The van der Waals surface area contributed by atoms with Gasteiger partial charge >= 0.3 is 0 Å². The standard InChI is InChI=1S/C24H28N2O2S/c27-29(28,24-11-10-22-8-4-5-9-23(22)18-24)25-15-12-20-13-16-26(17-14-20)19-21-6-2-1-3-7-21/h1-11,18,20,25H,12-17,19H2. The first-order valence-corrected chi connectivity index (χ1v) is 11.8. The summed E-state index contributed by atoms with van der Waals surface area (Å²) in [5, 5.41) is 2.00. The fourth-order valence-corrected chi connectivity index (χ4v) is 5.17. The number of sulfonamides is 1. The van der Waals surface area contributed by atoms with Crippen LogP contribution in [0.25, 0.3) is 10.8 Å². The first-order valence-electron chi connectivity index (χ1n) is 10.3. The molecule has 0 spiro atoms. The molecule has 0 unspecified atom stereocenters. The second-order valence-corrected chi connectivity index (χ2v) is 9.67. The van der Waals surface area contributed by atoms with Crippen molar-refractivity contribution in [2.24, 2.45) is 5.92 Å². The summed E-state index contributed by atoms with van der Waals surface area (Å²) in [6.45, 7) is 3.66. The van der Waals surface area contributed by atoms with Gasteiger partial charge in [-0.2, -0.15) is 0 Å². The molecule has 5 heteroatoms. The molecule has 3 aromatic carbocycles. The molecular weight excluding hydrogens is 380 g/mol. The fourth-order valence-electron chi connectivity index (χ4n) is 4.09. The zero-order valence-corrected chi connectivity index (χ0v) is 17.4. The Bertz CT molecular complexity index is 1040. The lowest BCUT2D eigenvalue weighted by Gasteiger charge is -2.32. The lowest BCUT2D eigenvalue weighted by molar-refractivity contribution is 0.173. The van der Waals surface area contributed by atoms with E-state index in [1.807, 2.05) is 30.3 Å². The molecule has 0 aromatic heterocycles. The summed E-state index contributed by atoms with van der Waals surface area (Å²) in [5.74, 6) is 0.585. The molecule has 1 N–H and O–H groups in total. The van der Waals surface area contributed by atoms with Crippen LogP contribution in [0.5, 0.6) is 0 Å². The van der Waals surface area contributed by atoms with Crippen molar-refractivity contribution in [1.82, 2.24) is 9.62 Å². The van der Waals surface area contributed by atoms with Gasteiger partial charge in [-0.25, -0.2) is 13.1 Å². The van der Waals surface area contributed by atoms with E-state index in [0.717, 1.165) is 49.7 Å². The summed E-state index contributed by atoms with van der Waals surface area (Å²) in [7, 11) is -3.46. The Kier molecular flexibility index (Phi) is 6.28. The third kappa shape index (κ3) is 5.24. The molecule has 3 aromatic rings. The Morgan fingerprint density at radius 3 is 2.31 bits per heavy atom. The molecule has 1 fully saturated rings. The van der Waals surface area contributed by atoms with Crippen molar-refractivity contribution in [3.05, 3.63) is 78.4 Å². The van der Waals surface area contributed by atoms with Gasteiger partial charge in [-0.3, -0.25) is 4.90 Å². The minimum atomic E-state index is -3.46. The summed E-state index contributed by atoms with van der Waals surface area (Å²) in [5.41, 5.74) is 1.36. The largest absolute Gasteiger partial charge is 0.299 e. The zero-order chi connectivity index (χ0) is 20.1. The van der Waals surface area contributed by atoms with E-state index < -0.39 is 10.0 Å². The average Bonchev–Trinajstić information content (AvgIpc) is 2.75. The molecule has 0 radical (unpaired) electrons. The first-order chi connectivity index (χ1) is 14.1. The Balaban J connectivity index is 1.25. The number of hydrogen-bond acceptors (Lipinski definition) is 3. The second kappa shape index (κ2) is 9.08. The quantitative estimate of drug-likeness (QED) is 0.630. The maximum Gasteiger partial charge on any atom is 0.240 e. The number of piperidine rings is 1. The molecule has 0 amide bonds. The predicted molar refractivity (Wildman–Crippen MR) is 118 cm³/mol.